The summed E-state index contributed by atoms with van der Waals surface area (Å²) in [6, 6.07) is 0.172. The SMILES string of the molecule is COCC(N)CSC1COC1. The van der Waals surface area contributed by atoms with Gasteiger partial charge >= 0.3 is 0 Å². The zero-order valence-electron chi connectivity index (χ0n) is 6.79. The normalized spacial score (nSPS) is 21.3. The van der Waals surface area contributed by atoms with Gasteiger partial charge in [0.2, 0.25) is 0 Å². The van der Waals surface area contributed by atoms with Crippen molar-refractivity contribution in [3.05, 3.63) is 0 Å². The fourth-order valence-electron chi connectivity index (χ4n) is 0.832. The van der Waals surface area contributed by atoms with Crippen LogP contribution in [0.5, 0.6) is 0 Å². The summed E-state index contributed by atoms with van der Waals surface area (Å²) < 4.78 is 9.95. The summed E-state index contributed by atoms with van der Waals surface area (Å²) in [5.41, 5.74) is 5.72. The minimum absolute atomic E-state index is 0.172. The van der Waals surface area contributed by atoms with Gasteiger partial charge in [-0.05, 0) is 0 Å². The Bertz CT molecular complexity index is 109. The molecule has 2 N–H and O–H groups in total. The molecule has 3 nitrogen and oxygen atoms in total. The highest BCUT2D eigenvalue weighted by molar-refractivity contribution is 8.00. The summed E-state index contributed by atoms with van der Waals surface area (Å²) in [5.74, 6) is 0.974. The van der Waals surface area contributed by atoms with E-state index in [9.17, 15) is 0 Å². The van der Waals surface area contributed by atoms with Crippen molar-refractivity contribution in [3.63, 3.8) is 0 Å². The monoisotopic (exact) mass is 177 g/mol. The van der Waals surface area contributed by atoms with Crippen LogP contribution in [-0.2, 0) is 9.47 Å². The highest BCUT2D eigenvalue weighted by Crippen LogP contribution is 2.19. The molecule has 0 aromatic carbocycles. The zero-order chi connectivity index (χ0) is 8.10. The van der Waals surface area contributed by atoms with E-state index in [1.54, 1.807) is 7.11 Å². The molecule has 0 aliphatic carbocycles. The molecule has 4 heteroatoms. The summed E-state index contributed by atoms with van der Waals surface area (Å²) in [4.78, 5) is 0. The van der Waals surface area contributed by atoms with Gasteiger partial charge in [-0.15, -0.1) is 0 Å². The molecule has 66 valence electrons. The van der Waals surface area contributed by atoms with Crippen molar-refractivity contribution in [1.82, 2.24) is 0 Å². The highest BCUT2D eigenvalue weighted by Gasteiger charge is 2.19. The van der Waals surface area contributed by atoms with Crippen molar-refractivity contribution >= 4 is 11.8 Å². The third-order valence-corrected chi connectivity index (χ3v) is 2.90. The van der Waals surface area contributed by atoms with Gasteiger partial charge in [0.25, 0.3) is 0 Å². The van der Waals surface area contributed by atoms with Crippen LogP contribution >= 0.6 is 11.8 Å². The topological polar surface area (TPSA) is 44.5 Å². The minimum atomic E-state index is 0.172. The zero-order valence-corrected chi connectivity index (χ0v) is 7.60. The first-order valence-electron chi connectivity index (χ1n) is 3.76. The van der Waals surface area contributed by atoms with Crippen molar-refractivity contribution in [2.75, 3.05) is 32.7 Å². The predicted octanol–water partition coefficient (Wildman–Crippen LogP) is 0.0921. The van der Waals surface area contributed by atoms with Crippen LogP contribution in [0.25, 0.3) is 0 Å². The van der Waals surface area contributed by atoms with E-state index in [0.717, 1.165) is 19.0 Å². The lowest BCUT2D eigenvalue weighted by atomic mass is 10.4. The average Bonchev–Trinajstić information content (AvgIpc) is 1.85. The van der Waals surface area contributed by atoms with E-state index in [4.69, 9.17) is 15.2 Å². The van der Waals surface area contributed by atoms with E-state index in [-0.39, 0.29) is 6.04 Å². The molecule has 0 radical (unpaired) electrons. The molecule has 1 atom stereocenters. The predicted molar refractivity (Wildman–Crippen MR) is 46.9 cm³/mol. The first-order chi connectivity index (χ1) is 5.33. The maximum absolute atomic E-state index is 5.72. The number of hydrogen-bond acceptors (Lipinski definition) is 4. The van der Waals surface area contributed by atoms with Crippen LogP contribution in [-0.4, -0.2) is 44.0 Å². The lowest BCUT2D eigenvalue weighted by Crippen LogP contribution is -2.35. The maximum atomic E-state index is 5.72. The molecule has 0 aromatic rings. The molecule has 0 spiro atoms. The van der Waals surface area contributed by atoms with Crippen molar-refractivity contribution in [2.24, 2.45) is 5.73 Å². The van der Waals surface area contributed by atoms with E-state index in [1.807, 2.05) is 11.8 Å². The van der Waals surface area contributed by atoms with Crippen LogP contribution in [0.4, 0.5) is 0 Å². The first kappa shape index (κ1) is 9.32. The van der Waals surface area contributed by atoms with Gasteiger partial charge in [0.15, 0.2) is 0 Å². The van der Waals surface area contributed by atoms with Crippen molar-refractivity contribution in [3.8, 4) is 0 Å². The van der Waals surface area contributed by atoms with Gasteiger partial charge in [-0.1, -0.05) is 0 Å². The molecular weight excluding hydrogens is 162 g/mol. The van der Waals surface area contributed by atoms with Crippen molar-refractivity contribution in [2.45, 2.75) is 11.3 Å². The molecule has 1 saturated heterocycles. The van der Waals surface area contributed by atoms with E-state index in [1.165, 1.54) is 0 Å². The molecule has 11 heavy (non-hydrogen) atoms. The summed E-state index contributed by atoms with van der Waals surface area (Å²) in [7, 11) is 1.68. The first-order valence-corrected chi connectivity index (χ1v) is 4.81. The Morgan fingerprint density at radius 1 is 1.73 bits per heavy atom. The van der Waals surface area contributed by atoms with E-state index >= 15 is 0 Å². The number of hydrogen-bond donors (Lipinski definition) is 1. The molecule has 1 rings (SSSR count). The van der Waals surface area contributed by atoms with Crippen molar-refractivity contribution in [1.29, 1.82) is 0 Å². The molecule has 1 fully saturated rings. The van der Waals surface area contributed by atoms with Crippen LogP contribution in [0.2, 0.25) is 0 Å². The van der Waals surface area contributed by atoms with Gasteiger partial charge in [-0.2, -0.15) is 11.8 Å². The molecule has 1 heterocycles. The Morgan fingerprint density at radius 3 is 2.91 bits per heavy atom. The van der Waals surface area contributed by atoms with Crippen LogP contribution in [0.15, 0.2) is 0 Å². The van der Waals surface area contributed by atoms with E-state index < -0.39 is 0 Å². The van der Waals surface area contributed by atoms with Gasteiger partial charge in [-0.3, -0.25) is 0 Å². The van der Waals surface area contributed by atoms with Gasteiger partial charge in [0.05, 0.1) is 25.1 Å². The fraction of sp³-hybridized carbons (Fsp3) is 1.00. The highest BCUT2D eigenvalue weighted by atomic mass is 32.2. The van der Waals surface area contributed by atoms with Gasteiger partial charge in [-0.25, -0.2) is 0 Å². The molecule has 1 aliphatic heterocycles. The Labute approximate surface area is 71.6 Å². The molecule has 0 saturated carbocycles. The Morgan fingerprint density at radius 2 is 2.45 bits per heavy atom. The van der Waals surface area contributed by atoms with Gasteiger partial charge in [0.1, 0.15) is 0 Å². The summed E-state index contributed by atoms with van der Waals surface area (Å²) in [6.07, 6.45) is 0. The summed E-state index contributed by atoms with van der Waals surface area (Å²) in [6.45, 7) is 2.44. The lowest BCUT2D eigenvalue weighted by molar-refractivity contribution is 0.0454. The second-order valence-corrected chi connectivity index (χ2v) is 4.04. The molecule has 1 aliphatic rings. The molecule has 0 aromatic heterocycles. The third-order valence-electron chi connectivity index (χ3n) is 1.53. The van der Waals surface area contributed by atoms with Crippen LogP contribution in [0.1, 0.15) is 0 Å². The van der Waals surface area contributed by atoms with E-state index in [0.29, 0.717) is 11.9 Å². The molecule has 1 unspecified atom stereocenters. The number of thioether (sulfide) groups is 1. The third kappa shape index (κ3) is 3.42. The largest absolute Gasteiger partial charge is 0.383 e. The van der Waals surface area contributed by atoms with Crippen molar-refractivity contribution < 1.29 is 9.47 Å². The Kier molecular flexibility index (Phi) is 4.22. The fourth-order valence-corrected chi connectivity index (χ4v) is 1.83. The molecular formula is C7H15NO2S. The van der Waals surface area contributed by atoms with E-state index in [2.05, 4.69) is 0 Å². The smallest absolute Gasteiger partial charge is 0.0621 e. The summed E-state index contributed by atoms with van der Waals surface area (Å²) in [5, 5.41) is 0.679. The second kappa shape index (κ2) is 4.98. The van der Waals surface area contributed by atoms with Gasteiger partial charge < -0.3 is 15.2 Å². The number of ether oxygens (including phenoxy) is 2. The molecule has 0 amide bonds. The number of nitrogens with two attached hydrogens (primary N) is 1. The minimum Gasteiger partial charge on any atom is -0.383 e. The average molecular weight is 177 g/mol. The van der Waals surface area contributed by atoms with Crippen LogP contribution < -0.4 is 5.73 Å². The Hall–Kier alpha value is 0.230. The quantitative estimate of drug-likeness (QED) is 0.646. The standard InChI is InChI=1S/C7H15NO2S/c1-9-2-6(8)5-11-7-3-10-4-7/h6-7H,2-5,8H2,1H3. The summed E-state index contributed by atoms with van der Waals surface area (Å²) >= 11 is 1.88. The maximum Gasteiger partial charge on any atom is 0.0621 e. The second-order valence-electron chi connectivity index (χ2n) is 2.71. The Balaban J connectivity index is 1.92. The van der Waals surface area contributed by atoms with Gasteiger partial charge in [0, 0.05) is 18.9 Å². The van der Waals surface area contributed by atoms with Crippen LogP contribution in [0, 0.1) is 0 Å². The van der Waals surface area contributed by atoms with Crippen LogP contribution in [0.3, 0.4) is 0 Å². The lowest BCUT2D eigenvalue weighted by Gasteiger charge is -2.26. The number of rotatable bonds is 5. The molecule has 0 bridgehead atoms. The number of methoxy groups -OCH3 is 1.